The summed E-state index contributed by atoms with van der Waals surface area (Å²) in [6.45, 7) is 0.574. The summed E-state index contributed by atoms with van der Waals surface area (Å²) in [4.78, 5) is 12.0. The Labute approximate surface area is 131 Å². The van der Waals surface area contributed by atoms with E-state index in [4.69, 9.17) is 25.8 Å². The summed E-state index contributed by atoms with van der Waals surface area (Å²) in [5.74, 6) is 0.107. The van der Waals surface area contributed by atoms with E-state index in [0.717, 1.165) is 5.56 Å². The van der Waals surface area contributed by atoms with E-state index in [0.29, 0.717) is 33.2 Å². The molecule has 2 heterocycles. The number of nitrogens with zero attached hydrogens (tertiary/aromatic N) is 1. The summed E-state index contributed by atoms with van der Waals surface area (Å²) in [6, 6.07) is 6.24. The van der Waals surface area contributed by atoms with Gasteiger partial charge in [0.05, 0.1) is 12.2 Å². The number of carbonyl (C=O) groups is 1. The molecule has 6 nitrogen and oxygen atoms in total. The average molecular weight is 322 g/mol. The maximum absolute atomic E-state index is 12.0. The van der Waals surface area contributed by atoms with Crippen LogP contribution in [0.3, 0.4) is 0 Å². The second-order valence-corrected chi connectivity index (χ2v) is 5.12. The molecule has 0 radical (unpaired) electrons. The SMILES string of the molecule is O=C(OCc1cc(Cl)cc2c1OCOC2)c1cc[n+]([O-])cc1. The van der Waals surface area contributed by atoms with Gasteiger partial charge >= 0.3 is 5.97 Å². The molecule has 0 atom stereocenters. The van der Waals surface area contributed by atoms with Gasteiger partial charge < -0.3 is 19.4 Å². The molecule has 0 aliphatic carbocycles. The molecule has 0 saturated heterocycles. The monoisotopic (exact) mass is 321 g/mol. The fourth-order valence-corrected chi connectivity index (χ4v) is 2.40. The molecule has 0 bridgehead atoms. The van der Waals surface area contributed by atoms with Gasteiger partial charge in [-0.15, -0.1) is 0 Å². The molecule has 1 aromatic carbocycles. The Morgan fingerprint density at radius 1 is 1.36 bits per heavy atom. The molecule has 2 aromatic rings. The molecule has 0 fully saturated rings. The minimum Gasteiger partial charge on any atom is -0.619 e. The van der Waals surface area contributed by atoms with E-state index >= 15 is 0 Å². The van der Waals surface area contributed by atoms with Crippen LogP contribution in [0.25, 0.3) is 0 Å². The maximum Gasteiger partial charge on any atom is 0.338 e. The Bertz CT molecular complexity index is 702. The Morgan fingerprint density at radius 3 is 2.91 bits per heavy atom. The molecule has 1 aliphatic rings. The number of hydrogen-bond donors (Lipinski definition) is 0. The topological polar surface area (TPSA) is 71.7 Å². The van der Waals surface area contributed by atoms with Crippen LogP contribution in [-0.2, 0) is 22.7 Å². The van der Waals surface area contributed by atoms with E-state index in [2.05, 4.69) is 0 Å². The lowest BCUT2D eigenvalue weighted by Gasteiger charge is -2.21. The van der Waals surface area contributed by atoms with E-state index in [9.17, 15) is 10.0 Å². The highest BCUT2D eigenvalue weighted by molar-refractivity contribution is 6.30. The van der Waals surface area contributed by atoms with Gasteiger partial charge in [0.1, 0.15) is 12.4 Å². The van der Waals surface area contributed by atoms with Crippen molar-refractivity contribution in [1.82, 2.24) is 0 Å². The smallest absolute Gasteiger partial charge is 0.338 e. The second kappa shape index (κ2) is 6.21. The van der Waals surface area contributed by atoms with Gasteiger partial charge in [0, 0.05) is 28.3 Å². The normalized spacial score (nSPS) is 13.1. The van der Waals surface area contributed by atoms with Crippen molar-refractivity contribution < 1.29 is 23.7 Å². The maximum atomic E-state index is 12.0. The van der Waals surface area contributed by atoms with Crippen LogP contribution in [0.1, 0.15) is 21.5 Å². The van der Waals surface area contributed by atoms with Crippen LogP contribution in [0.4, 0.5) is 0 Å². The molecule has 0 N–H and O–H groups in total. The van der Waals surface area contributed by atoms with Crippen molar-refractivity contribution >= 4 is 17.6 Å². The summed E-state index contributed by atoms with van der Waals surface area (Å²) < 4.78 is 16.5. The minimum atomic E-state index is -0.526. The number of aromatic nitrogens is 1. The second-order valence-electron chi connectivity index (χ2n) is 4.69. The van der Waals surface area contributed by atoms with Crippen LogP contribution in [0.2, 0.25) is 5.02 Å². The zero-order chi connectivity index (χ0) is 15.5. The first-order valence-corrected chi connectivity index (χ1v) is 6.89. The lowest BCUT2D eigenvalue weighted by Crippen LogP contribution is -2.24. The highest BCUT2D eigenvalue weighted by atomic mass is 35.5. The number of esters is 1. The number of rotatable bonds is 3. The van der Waals surface area contributed by atoms with Gasteiger partial charge in [-0.05, 0) is 12.1 Å². The van der Waals surface area contributed by atoms with Gasteiger partial charge in [0.2, 0.25) is 0 Å². The Morgan fingerprint density at radius 2 is 2.14 bits per heavy atom. The molecule has 1 aromatic heterocycles. The summed E-state index contributed by atoms with van der Waals surface area (Å²) >= 11 is 6.04. The average Bonchev–Trinajstić information content (AvgIpc) is 2.52. The fourth-order valence-electron chi connectivity index (χ4n) is 2.14. The number of fused-ring (bicyclic) bond motifs is 1. The van der Waals surface area contributed by atoms with E-state index in [-0.39, 0.29) is 13.4 Å². The van der Waals surface area contributed by atoms with Crippen LogP contribution < -0.4 is 9.47 Å². The van der Waals surface area contributed by atoms with Gasteiger partial charge in [-0.3, -0.25) is 0 Å². The van der Waals surface area contributed by atoms with E-state index in [1.807, 2.05) is 0 Å². The quantitative estimate of drug-likeness (QED) is 0.492. The summed E-state index contributed by atoms with van der Waals surface area (Å²) in [5, 5.41) is 11.5. The van der Waals surface area contributed by atoms with E-state index in [1.54, 1.807) is 12.1 Å². The van der Waals surface area contributed by atoms with Crippen LogP contribution in [0.15, 0.2) is 36.7 Å². The first kappa shape index (κ1) is 14.6. The predicted octanol–water partition coefficient (Wildman–Crippen LogP) is 2.20. The predicted molar refractivity (Wildman–Crippen MR) is 76.3 cm³/mol. The number of ether oxygens (including phenoxy) is 3. The number of hydrogen-bond acceptors (Lipinski definition) is 5. The minimum absolute atomic E-state index is 0.0218. The third kappa shape index (κ3) is 3.13. The number of pyridine rings is 1. The van der Waals surface area contributed by atoms with Gasteiger partial charge in [-0.1, -0.05) is 11.6 Å². The molecule has 7 heteroatoms. The van der Waals surface area contributed by atoms with Crippen LogP contribution in [-0.4, -0.2) is 12.8 Å². The standard InChI is InChI=1S/C15H12ClNO5/c16-13-5-11-7-20-9-22-14(11)12(6-13)8-21-15(18)10-1-3-17(19)4-2-10/h1-6H,7-9H2. The molecule has 114 valence electrons. The highest BCUT2D eigenvalue weighted by Crippen LogP contribution is 2.32. The van der Waals surface area contributed by atoms with Crippen molar-refractivity contribution in [3.05, 3.63) is 63.6 Å². The molecule has 1 aliphatic heterocycles. The van der Waals surface area contributed by atoms with Crippen molar-refractivity contribution in [3.8, 4) is 5.75 Å². The Kier molecular flexibility index (Phi) is 4.13. The summed E-state index contributed by atoms with van der Waals surface area (Å²) in [6.07, 6.45) is 2.47. The van der Waals surface area contributed by atoms with Gasteiger partial charge in [-0.2, -0.15) is 4.73 Å². The zero-order valence-corrected chi connectivity index (χ0v) is 12.2. The van der Waals surface area contributed by atoms with E-state index < -0.39 is 5.97 Å². The summed E-state index contributed by atoms with van der Waals surface area (Å²) in [7, 11) is 0. The molecule has 0 unspecified atom stereocenters. The highest BCUT2D eigenvalue weighted by Gasteiger charge is 2.18. The van der Waals surface area contributed by atoms with Crippen molar-refractivity contribution in [2.75, 3.05) is 6.79 Å². The Balaban J connectivity index is 1.75. The van der Waals surface area contributed by atoms with Crippen LogP contribution in [0.5, 0.6) is 5.75 Å². The van der Waals surface area contributed by atoms with Gasteiger partial charge in [0.15, 0.2) is 19.2 Å². The molecular formula is C15H12ClNO5. The largest absolute Gasteiger partial charge is 0.619 e. The van der Waals surface area contributed by atoms with Gasteiger partial charge in [-0.25, -0.2) is 4.79 Å². The molecular weight excluding hydrogens is 310 g/mol. The zero-order valence-electron chi connectivity index (χ0n) is 11.5. The summed E-state index contributed by atoms with van der Waals surface area (Å²) in [5.41, 5.74) is 1.79. The van der Waals surface area contributed by atoms with Crippen molar-refractivity contribution in [1.29, 1.82) is 0 Å². The van der Waals surface area contributed by atoms with E-state index in [1.165, 1.54) is 24.5 Å². The number of benzene rings is 1. The van der Waals surface area contributed by atoms with Crippen LogP contribution in [0, 0.1) is 5.21 Å². The van der Waals surface area contributed by atoms with Gasteiger partial charge in [0.25, 0.3) is 0 Å². The Hall–Kier alpha value is -2.31. The van der Waals surface area contributed by atoms with Crippen molar-refractivity contribution in [2.45, 2.75) is 13.2 Å². The lowest BCUT2D eigenvalue weighted by molar-refractivity contribution is -0.605. The van der Waals surface area contributed by atoms with Crippen molar-refractivity contribution in [3.63, 3.8) is 0 Å². The molecule has 22 heavy (non-hydrogen) atoms. The van der Waals surface area contributed by atoms with Crippen molar-refractivity contribution in [2.24, 2.45) is 0 Å². The number of halogens is 1. The third-order valence-electron chi connectivity index (χ3n) is 3.15. The molecule has 0 spiro atoms. The first-order valence-electron chi connectivity index (χ1n) is 6.51. The lowest BCUT2D eigenvalue weighted by atomic mass is 10.1. The van der Waals surface area contributed by atoms with Crippen LogP contribution >= 0.6 is 11.6 Å². The molecule has 0 amide bonds. The fraction of sp³-hybridized carbons (Fsp3) is 0.200. The first-order chi connectivity index (χ1) is 10.6. The molecule has 3 rings (SSSR count). The molecule has 0 saturated carbocycles. The third-order valence-corrected chi connectivity index (χ3v) is 3.37. The number of carbonyl (C=O) groups excluding carboxylic acids is 1.